The number of para-hydroxylation sites is 2. The van der Waals surface area contributed by atoms with Crippen LogP contribution in [0.25, 0.3) is 11.0 Å². The minimum Gasteiger partial charge on any atom is -0.338 e. The van der Waals surface area contributed by atoms with Crippen LogP contribution in [0.2, 0.25) is 0 Å². The van der Waals surface area contributed by atoms with E-state index in [1.165, 1.54) is 0 Å². The molecule has 1 heterocycles. The highest BCUT2D eigenvalue weighted by molar-refractivity contribution is 5.95. The SMILES string of the molecule is Cn1c([C@@H](NC(=O)c2ccc(F)cc2F)c2ccccc2)nc2ccccc21. The molecule has 0 saturated heterocycles. The topological polar surface area (TPSA) is 46.9 Å². The van der Waals surface area contributed by atoms with Crippen molar-refractivity contribution in [2.75, 3.05) is 0 Å². The van der Waals surface area contributed by atoms with Crippen LogP contribution in [0.15, 0.2) is 72.8 Å². The van der Waals surface area contributed by atoms with Gasteiger partial charge in [-0.1, -0.05) is 42.5 Å². The minimum atomic E-state index is -0.908. The number of imidazole rings is 1. The number of rotatable bonds is 4. The van der Waals surface area contributed by atoms with Crippen LogP contribution in [0.5, 0.6) is 0 Å². The maximum atomic E-state index is 14.1. The molecule has 0 spiro atoms. The van der Waals surface area contributed by atoms with Crippen molar-refractivity contribution in [1.29, 1.82) is 0 Å². The molecule has 4 nitrogen and oxygen atoms in total. The molecular weight excluding hydrogens is 360 g/mol. The van der Waals surface area contributed by atoms with Crippen LogP contribution in [-0.2, 0) is 7.05 Å². The summed E-state index contributed by atoms with van der Waals surface area (Å²) in [6.07, 6.45) is 0. The molecule has 0 bridgehead atoms. The normalized spacial score (nSPS) is 12.1. The first-order valence-electron chi connectivity index (χ1n) is 8.77. The fourth-order valence-electron chi connectivity index (χ4n) is 3.25. The van der Waals surface area contributed by atoms with Gasteiger partial charge >= 0.3 is 0 Å². The fraction of sp³-hybridized carbons (Fsp3) is 0.0909. The Balaban J connectivity index is 1.78. The molecular formula is C22H17F2N3O. The zero-order valence-electron chi connectivity index (χ0n) is 15.1. The Kier molecular flexibility index (Phi) is 4.61. The summed E-state index contributed by atoms with van der Waals surface area (Å²) in [5.41, 5.74) is 2.29. The monoisotopic (exact) mass is 377 g/mol. The molecule has 1 aromatic heterocycles. The average Bonchev–Trinajstić information content (AvgIpc) is 3.03. The summed E-state index contributed by atoms with van der Waals surface area (Å²) >= 11 is 0. The number of aromatic nitrogens is 2. The lowest BCUT2D eigenvalue weighted by Crippen LogP contribution is -2.31. The summed E-state index contributed by atoms with van der Waals surface area (Å²) in [6, 6.07) is 19.2. The fourth-order valence-corrected chi connectivity index (χ4v) is 3.25. The van der Waals surface area contributed by atoms with Crippen LogP contribution in [0.3, 0.4) is 0 Å². The van der Waals surface area contributed by atoms with Crippen molar-refractivity contribution in [3.8, 4) is 0 Å². The predicted molar refractivity (Wildman–Crippen MR) is 103 cm³/mol. The van der Waals surface area contributed by atoms with E-state index in [-0.39, 0.29) is 5.56 Å². The first-order valence-corrected chi connectivity index (χ1v) is 8.77. The van der Waals surface area contributed by atoms with Crippen molar-refractivity contribution in [1.82, 2.24) is 14.9 Å². The number of aryl methyl sites for hydroxylation is 1. The first-order chi connectivity index (χ1) is 13.5. The summed E-state index contributed by atoms with van der Waals surface area (Å²) in [4.78, 5) is 17.4. The largest absolute Gasteiger partial charge is 0.338 e. The predicted octanol–water partition coefficient (Wildman–Crippen LogP) is 4.37. The second kappa shape index (κ2) is 7.23. The number of amides is 1. The second-order valence-electron chi connectivity index (χ2n) is 6.46. The maximum absolute atomic E-state index is 14.1. The van der Waals surface area contributed by atoms with Gasteiger partial charge in [0.1, 0.15) is 23.5 Å². The van der Waals surface area contributed by atoms with Gasteiger partial charge in [-0.15, -0.1) is 0 Å². The maximum Gasteiger partial charge on any atom is 0.255 e. The van der Waals surface area contributed by atoms with E-state index in [2.05, 4.69) is 10.3 Å². The molecule has 1 N–H and O–H groups in total. The highest BCUT2D eigenvalue weighted by Gasteiger charge is 2.24. The molecule has 0 unspecified atom stereocenters. The number of fused-ring (bicyclic) bond motifs is 1. The Morgan fingerprint density at radius 1 is 1.00 bits per heavy atom. The molecule has 6 heteroatoms. The molecule has 4 rings (SSSR count). The number of hydrogen-bond donors (Lipinski definition) is 1. The van der Waals surface area contributed by atoms with Crippen LogP contribution in [0.1, 0.15) is 27.8 Å². The molecule has 0 aliphatic rings. The van der Waals surface area contributed by atoms with E-state index in [4.69, 9.17) is 0 Å². The molecule has 0 fully saturated rings. The summed E-state index contributed by atoms with van der Waals surface area (Å²) in [7, 11) is 1.87. The number of nitrogens with zero attached hydrogens (tertiary/aromatic N) is 2. The molecule has 0 aliphatic heterocycles. The Hall–Kier alpha value is -3.54. The van der Waals surface area contributed by atoms with Crippen molar-refractivity contribution in [3.63, 3.8) is 0 Å². The third-order valence-electron chi connectivity index (χ3n) is 4.66. The third-order valence-corrected chi connectivity index (χ3v) is 4.66. The standard InChI is InChI=1S/C22H17F2N3O/c1-27-19-10-6-5-9-18(19)25-21(27)20(14-7-3-2-4-8-14)26-22(28)16-12-11-15(23)13-17(16)24/h2-13,20H,1H3,(H,26,28)/t20-/m0/s1. The summed E-state index contributed by atoms with van der Waals surface area (Å²) < 4.78 is 29.2. The molecule has 4 aromatic rings. The van der Waals surface area contributed by atoms with E-state index in [0.29, 0.717) is 11.9 Å². The number of benzene rings is 3. The smallest absolute Gasteiger partial charge is 0.255 e. The van der Waals surface area contributed by atoms with Crippen LogP contribution < -0.4 is 5.32 Å². The second-order valence-corrected chi connectivity index (χ2v) is 6.46. The zero-order chi connectivity index (χ0) is 19.7. The molecule has 0 radical (unpaired) electrons. The first kappa shape index (κ1) is 17.9. The molecule has 0 saturated carbocycles. The van der Waals surface area contributed by atoms with Crippen LogP contribution in [0, 0.1) is 11.6 Å². The lowest BCUT2D eigenvalue weighted by atomic mass is 10.1. The Morgan fingerprint density at radius 3 is 2.43 bits per heavy atom. The number of carbonyl (C=O) groups excluding carboxylic acids is 1. The van der Waals surface area contributed by atoms with E-state index in [0.717, 1.165) is 28.7 Å². The highest BCUT2D eigenvalue weighted by atomic mass is 19.1. The van der Waals surface area contributed by atoms with Gasteiger partial charge in [0.2, 0.25) is 0 Å². The van der Waals surface area contributed by atoms with Crippen LogP contribution >= 0.6 is 0 Å². The quantitative estimate of drug-likeness (QED) is 0.574. The molecule has 0 aliphatic carbocycles. The minimum absolute atomic E-state index is 0.221. The van der Waals surface area contributed by atoms with Gasteiger partial charge in [0.15, 0.2) is 0 Å². The molecule has 28 heavy (non-hydrogen) atoms. The van der Waals surface area contributed by atoms with E-state index < -0.39 is 23.6 Å². The summed E-state index contributed by atoms with van der Waals surface area (Å²) in [5, 5.41) is 2.84. The number of nitrogens with one attached hydrogen (secondary N) is 1. The Morgan fingerprint density at radius 2 is 1.71 bits per heavy atom. The van der Waals surface area contributed by atoms with Crippen molar-refractivity contribution in [2.24, 2.45) is 7.05 Å². The number of carbonyl (C=O) groups is 1. The Bertz CT molecular complexity index is 1160. The van der Waals surface area contributed by atoms with Crippen molar-refractivity contribution in [2.45, 2.75) is 6.04 Å². The number of hydrogen-bond acceptors (Lipinski definition) is 2. The highest BCUT2D eigenvalue weighted by Crippen LogP contribution is 2.25. The van der Waals surface area contributed by atoms with Gasteiger partial charge in [0.05, 0.1) is 16.6 Å². The molecule has 3 aromatic carbocycles. The number of halogens is 2. The van der Waals surface area contributed by atoms with Crippen LogP contribution in [0.4, 0.5) is 8.78 Å². The van der Waals surface area contributed by atoms with Gasteiger partial charge in [0.25, 0.3) is 5.91 Å². The molecule has 1 amide bonds. The lowest BCUT2D eigenvalue weighted by molar-refractivity contribution is 0.0937. The van der Waals surface area contributed by atoms with E-state index >= 15 is 0 Å². The summed E-state index contributed by atoms with van der Waals surface area (Å²) in [6.45, 7) is 0. The lowest BCUT2D eigenvalue weighted by Gasteiger charge is -2.19. The zero-order valence-corrected chi connectivity index (χ0v) is 15.1. The molecule has 1 atom stereocenters. The van der Waals surface area contributed by atoms with Gasteiger partial charge in [-0.25, -0.2) is 13.8 Å². The Labute approximate surface area is 160 Å². The van der Waals surface area contributed by atoms with E-state index in [1.54, 1.807) is 0 Å². The van der Waals surface area contributed by atoms with Gasteiger partial charge in [-0.05, 0) is 29.8 Å². The van der Waals surface area contributed by atoms with Gasteiger partial charge < -0.3 is 9.88 Å². The van der Waals surface area contributed by atoms with Crippen LogP contribution in [-0.4, -0.2) is 15.5 Å². The third kappa shape index (κ3) is 3.24. The van der Waals surface area contributed by atoms with Gasteiger partial charge in [-0.3, -0.25) is 4.79 Å². The molecule has 140 valence electrons. The van der Waals surface area contributed by atoms with Gasteiger partial charge in [-0.2, -0.15) is 0 Å². The van der Waals surface area contributed by atoms with Crippen molar-refractivity contribution < 1.29 is 13.6 Å². The average molecular weight is 377 g/mol. The van der Waals surface area contributed by atoms with Crippen molar-refractivity contribution >= 4 is 16.9 Å². The van der Waals surface area contributed by atoms with Crippen molar-refractivity contribution in [3.05, 3.63) is 101 Å². The van der Waals surface area contributed by atoms with E-state index in [9.17, 15) is 13.6 Å². The van der Waals surface area contributed by atoms with E-state index in [1.807, 2.05) is 66.2 Å². The van der Waals surface area contributed by atoms with Gasteiger partial charge in [0, 0.05) is 13.1 Å². The summed E-state index contributed by atoms with van der Waals surface area (Å²) in [5.74, 6) is -1.67.